The quantitative estimate of drug-likeness (QED) is 0.733. The lowest BCUT2D eigenvalue weighted by molar-refractivity contribution is 0.0437. The van der Waals surface area contributed by atoms with E-state index in [1.165, 1.54) is 23.5 Å². The van der Waals surface area contributed by atoms with E-state index in [0.717, 1.165) is 10.3 Å². The molecule has 0 unspecified atom stereocenters. The first-order valence-electron chi connectivity index (χ1n) is 6.33. The van der Waals surface area contributed by atoms with Crippen molar-refractivity contribution in [2.45, 2.75) is 6.23 Å². The fourth-order valence-electron chi connectivity index (χ4n) is 2.33. The lowest BCUT2D eigenvalue weighted by Crippen LogP contribution is -2.09. The summed E-state index contributed by atoms with van der Waals surface area (Å²) in [7, 11) is 0. The summed E-state index contributed by atoms with van der Waals surface area (Å²) in [5.41, 5.74) is 2.05. The van der Waals surface area contributed by atoms with Gasteiger partial charge in [-0.2, -0.15) is 0 Å². The minimum Gasteiger partial charge on any atom is -0.434 e. The number of carbonyl (C=O) groups excluding carboxylic acids is 1. The van der Waals surface area contributed by atoms with Gasteiger partial charge in [0.15, 0.2) is 5.13 Å². The van der Waals surface area contributed by atoms with E-state index in [9.17, 15) is 9.18 Å². The van der Waals surface area contributed by atoms with Crippen molar-refractivity contribution < 1.29 is 13.9 Å². The molecular weight excluding hydrogens is 291 g/mol. The van der Waals surface area contributed by atoms with Gasteiger partial charge in [0, 0.05) is 5.56 Å². The Balaban J connectivity index is 1.68. The summed E-state index contributed by atoms with van der Waals surface area (Å²) in [5.74, 6) is -0.648. The van der Waals surface area contributed by atoms with Gasteiger partial charge in [0.2, 0.25) is 6.23 Å². The Bertz CT molecular complexity index is 862. The topological polar surface area (TPSA) is 51.2 Å². The molecule has 1 N–H and O–H groups in total. The number of fused-ring (bicyclic) bond motifs is 2. The van der Waals surface area contributed by atoms with E-state index in [4.69, 9.17) is 4.74 Å². The van der Waals surface area contributed by atoms with Crippen LogP contribution < -0.4 is 5.32 Å². The SMILES string of the molecule is O=C1O[C@@H](Nc2nc3ccc(F)cc3s2)c2ccccc21. The Morgan fingerprint density at radius 3 is 3.00 bits per heavy atom. The molecule has 0 amide bonds. The number of ether oxygens (including phenoxy) is 1. The minimum atomic E-state index is -0.556. The second kappa shape index (κ2) is 4.53. The van der Waals surface area contributed by atoms with Crippen LogP contribution in [0, 0.1) is 5.82 Å². The Labute approximate surface area is 123 Å². The molecule has 0 radical (unpaired) electrons. The van der Waals surface area contributed by atoms with Crippen LogP contribution >= 0.6 is 11.3 Å². The first kappa shape index (κ1) is 12.3. The summed E-state index contributed by atoms with van der Waals surface area (Å²) in [6.07, 6.45) is -0.556. The maximum absolute atomic E-state index is 13.2. The molecule has 1 aliphatic rings. The molecule has 0 bridgehead atoms. The molecule has 6 heteroatoms. The van der Waals surface area contributed by atoms with Crippen LogP contribution in [0.5, 0.6) is 0 Å². The summed E-state index contributed by atoms with van der Waals surface area (Å²) in [5, 5.41) is 3.67. The molecule has 104 valence electrons. The fourth-order valence-corrected chi connectivity index (χ4v) is 3.23. The van der Waals surface area contributed by atoms with Crippen molar-refractivity contribution in [1.82, 2.24) is 4.98 Å². The van der Waals surface area contributed by atoms with Gasteiger partial charge in [-0.15, -0.1) is 0 Å². The van der Waals surface area contributed by atoms with Crippen LogP contribution in [-0.4, -0.2) is 11.0 Å². The first-order valence-corrected chi connectivity index (χ1v) is 7.15. The van der Waals surface area contributed by atoms with E-state index in [0.29, 0.717) is 16.2 Å². The van der Waals surface area contributed by atoms with Crippen LogP contribution in [0.15, 0.2) is 42.5 Å². The molecule has 0 aliphatic carbocycles. The van der Waals surface area contributed by atoms with Crippen LogP contribution in [0.25, 0.3) is 10.2 Å². The third-order valence-electron chi connectivity index (χ3n) is 3.29. The number of hydrogen-bond acceptors (Lipinski definition) is 5. The number of benzene rings is 2. The average Bonchev–Trinajstić information content (AvgIpc) is 3.01. The van der Waals surface area contributed by atoms with Gasteiger partial charge in [-0.1, -0.05) is 29.5 Å². The molecule has 2 aromatic carbocycles. The number of nitrogens with zero attached hydrogens (tertiary/aromatic N) is 1. The number of esters is 1. The normalized spacial score (nSPS) is 16.8. The van der Waals surface area contributed by atoms with Crippen LogP contribution in [0.1, 0.15) is 22.1 Å². The summed E-state index contributed by atoms with van der Waals surface area (Å²) in [6, 6.07) is 11.6. The lowest BCUT2D eigenvalue weighted by Gasteiger charge is -2.11. The van der Waals surface area contributed by atoms with Gasteiger partial charge in [-0.3, -0.25) is 0 Å². The Kier molecular flexibility index (Phi) is 2.65. The molecule has 2 heterocycles. The molecule has 0 saturated heterocycles. The molecule has 3 aromatic rings. The maximum Gasteiger partial charge on any atom is 0.340 e. The number of rotatable bonds is 2. The zero-order chi connectivity index (χ0) is 14.4. The molecule has 1 aromatic heterocycles. The van der Waals surface area contributed by atoms with E-state index in [1.807, 2.05) is 12.1 Å². The van der Waals surface area contributed by atoms with E-state index in [2.05, 4.69) is 10.3 Å². The third-order valence-corrected chi connectivity index (χ3v) is 4.24. The highest BCUT2D eigenvalue weighted by Gasteiger charge is 2.30. The van der Waals surface area contributed by atoms with E-state index in [1.54, 1.807) is 18.2 Å². The van der Waals surface area contributed by atoms with Gasteiger partial charge in [-0.25, -0.2) is 14.2 Å². The predicted octanol–water partition coefficient (Wildman–Crippen LogP) is 3.72. The molecule has 0 fully saturated rings. The lowest BCUT2D eigenvalue weighted by atomic mass is 10.1. The van der Waals surface area contributed by atoms with E-state index in [-0.39, 0.29) is 11.8 Å². The number of cyclic esters (lactones) is 1. The summed E-state index contributed by atoms with van der Waals surface area (Å²) in [4.78, 5) is 16.1. The standard InChI is InChI=1S/C15H9FN2O2S/c16-8-5-6-11-12(7-8)21-15(17-11)18-13-9-3-1-2-4-10(9)14(19)20-13/h1-7,13H,(H,17,18)/t13-/m1/s1. The predicted molar refractivity (Wildman–Crippen MR) is 77.8 cm³/mol. The molecule has 0 spiro atoms. The zero-order valence-electron chi connectivity index (χ0n) is 10.7. The smallest absolute Gasteiger partial charge is 0.340 e. The number of halogens is 1. The second-order valence-electron chi connectivity index (χ2n) is 4.65. The Morgan fingerprint density at radius 1 is 1.24 bits per heavy atom. The number of thiazole rings is 1. The van der Waals surface area contributed by atoms with Crippen LogP contribution in [0.3, 0.4) is 0 Å². The van der Waals surface area contributed by atoms with Crippen molar-refractivity contribution in [3.05, 3.63) is 59.4 Å². The van der Waals surface area contributed by atoms with E-state index >= 15 is 0 Å². The average molecular weight is 300 g/mol. The highest BCUT2D eigenvalue weighted by atomic mass is 32.1. The molecule has 21 heavy (non-hydrogen) atoms. The van der Waals surface area contributed by atoms with Crippen molar-refractivity contribution in [3.8, 4) is 0 Å². The molecule has 0 saturated carbocycles. The third kappa shape index (κ3) is 2.04. The highest BCUT2D eigenvalue weighted by Crippen LogP contribution is 2.34. The van der Waals surface area contributed by atoms with Crippen LogP contribution in [0.2, 0.25) is 0 Å². The van der Waals surface area contributed by atoms with Gasteiger partial charge in [-0.05, 0) is 24.3 Å². The highest BCUT2D eigenvalue weighted by molar-refractivity contribution is 7.22. The largest absolute Gasteiger partial charge is 0.434 e. The minimum absolute atomic E-state index is 0.296. The molecule has 4 rings (SSSR count). The summed E-state index contributed by atoms with van der Waals surface area (Å²) < 4.78 is 19.2. The van der Waals surface area contributed by atoms with Gasteiger partial charge in [0.25, 0.3) is 0 Å². The van der Waals surface area contributed by atoms with Crippen LogP contribution in [0.4, 0.5) is 9.52 Å². The van der Waals surface area contributed by atoms with Gasteiger partial charge >= 0.3 is 5.97 Å². The summed E-state index contributed by atoms with van der Waals surface area (Å²) >= 11 is 1.32. The Morgan fingerprint density at radius 2 is 2.10 bits per heavy atom. The zero-order valence-corrected chi connectivity index (χ0v) is 11.5. The van der Waals surface area contributed by atoms with Gasteiger partial charge < -0.3 is 10.1 Å². The second-order valence-corrected chi connectivity index (χ2v) is 5.68. The van der Waals surface area contributed by atoms with Crippen molar-refractivity contribution in [3.63, 3.8) is 0 Å². The number of anilines is 1. The van der Waals surface area contributed by atoms with Crippen molar-refractivity contribution in [1.29, 1.82) is 0 Å². The van der Waals surface area contributed by atoms with E-state index < -0.39 is 6.23 Å². The number of nitrogens with one attached hydrogen (secondary N) is 1. The van der Waals surface area contributed by atoms with Crippen molar-refractivity contribution in [2.24, 2.45) is 0 Å². The fraction of sp³-hybridized carbons (Fsp3) is 0.0667. The monoisotopic (exact) mass is 300 g/mol. The Hall–Kier alpha value is -2.47. The van der Waals surface area contributed by atoms with Crippen molar-refractivity contribution in [2.75, 3.05) is 5.32 Å². The summed E-state index contributed by atoms with van der Waals surface area (Å²) in [6.45, 7) is 0. The maximum atomic E-state index is 13.2. The molecular formula is C15H9FN2O2S. The number of hydrogen-bond donors (Lipinski definition) is 1. The molecule has 1 aliphatic heterocycles. The van der Waals surface area contributed by atoms with Gasteiger partial charge in [0.1, 0.15) is 5.82 Å². The molecule has 4 nitrogen and oxygen atoms in total. The van der Waals surface area contributed by atoms with Crippen molar-refractivity contribution >= 4 is 32.7 Å². The van der Waals surface area contributed by atoms with Crippen LogP contribution in [-0.2, 0) is 4.74 Å². The van der Waals surface area contributed by atoms with Gasteiger partial charge in [0.05, 0.1) is 15.8 Å². The molecule has 1 atom stereocenters. The number of aromatic nitrogens is 1. The number of carbonyl (C=O) groups is 1. The first-order chi connectivity index (χ1) is 10.2.